The van der Waals surface area contributed by atoms with Crippen LogP contribution in [0.2, 0.25) is 0 Å². The van der Waals surface area contributed by atoms with Gasteiger partial charge in [-0.25, -0.2) is 0 Å². The van der Waals surface area contributed by atoms with Gasteiger partial charge in [0.25, 0.3) is 0 Å². The highest BCUT2D eigenvalue weighted by atomic mass is 16.5. The number of rotatable bonds is 7. The van der Waals surface area contributed by atoms with Gasteiger partial charge < -0.3 is 15.0 Å². The molecule has 0 aliphatic carbocycles. The van der Waals surface area contributed by atoms with Gasteiger partial charge in [0.1, 0.15) is 0 Å². The molecule has 0 radical (unpaired) electrons. The molecule has 1 N–H and O–H groups in total. The van der Waals surface area contributed by atoms with Crippen molar-refractivity contribution in [2.75, 3.05) is 38.3 Å². The number of aromatic nitrogens is 1. The van der Waals surface area contributed by atoms with Crippen LogP contribution in [-0.4, -0.2) is 38.3 Å². The molecule has 2 rings (SSSR count). The van der Waals surface area contributed by atoms with Gasteiger partial charge in [-0.2, -0.15) is 0 Å². The van der Waals surface area contributed by atoms with Crippen molar-refractivity contribution in [3.8, 4) is 0 Å². The van der Waals surface area contributed by atoms with Gasteiger partial charge >= 0.3 is 0 Å². The first-order chi connectivity index (χ1) is 10.2. The van der Waals surface area contributed by atoms with E-state index in [1.807, 2.05) is 12.4 Å². The number of piperidine rings is 1. The molecule has 4 heteroatoms. The number of methoxy groups -OCH3 is 1. The van der Waals surface area contributed by atoms with Crippen molar-refractivity contribution in [3.05, 3.63) is 24.0 Å². The van der Waals surface area contributed by atoms with E-state index in [-0.39, 0.29) is 0 Å². The quantitative estimate of drug-likeness (QED) is 0.838. The zero-order valence-corrected chi connectivity index (χ0v) is 13.6. The Bertz CT molecular complexity index is 420. The zero-order chi connectivity index (χ0) is 15.1. The van der Waals surface area contributed by atoms with Crippen LogP contribution in [0, 0.1) is 11.8 Å². The van der Waals surface area contributed by atoms with Crippen molar-refractivity contribution in [1.82, 2.24) is 10.3 Å². The van der Waals surface area contributed by atoms with Crippen molar-refractivity contribution in [2.45, 2.75) is 33.2 Å². The van der Waals surface area contributed by atoms with Gasteiger partial charge in [0, 0.05) is 32.9 Å². The second-order valence-corrected chi connectivity index (χ2v) is 6.44. The second kappa shape index (κ2) is 8.35. The number of pyridine rings is 1. The molecule has 1 fully saturated rings. The van der Waals surface area contributed by atoms with Crippen LogP contribution in [0.5, 0.6) is 0 Å². The van der Waals surface area contributed by atoms with E-state index < -0.39 is 0 Å². The summed E-state index contributed by atoms with van der Waals surface area (Å²) in [4.78, 5) is 6.81. The summed E-state index contributed by atoms with van der Waals surface area (Å²) >= 11 is 0. The lowest BCUT2D eigenvalue weighted by Crippen LogP contribution is -2.38. The van der Waals surface area contributed by atoms with Crippen molar-refractivity contribution in [3.63, 3.8) is 0 Å². The summed E-state index contributed by atoms with van der Waals surface area (Å²) in [6.45, 7) is 9.51. The average Bonchev–Trinajstić information content (AvgIpc) is 2.48. The van der Waals surface area contributed by atoms with Crippen LogP contribution in [0.3, 0.4) is 0 Å². The van der Waals surface area contributed by atoms with E-state index in [0.717, 1.165) is 32.8 Å². The molecule has 0 spiro atoms. The predicted octanol–water partition coefficient (Wildman–Crippen LogP) is 2.69. The third kappa shape index (κ3) is 4.97. The Balaban J connectivity index is 2.01. The highest BCUT2D eigenvalue weighted by Crippen LogP contribution is 2.25. The van der Waals surface area contributed by atoms with Crippen molar-refractivity contribution >= 4 is 5.69 Å². The smallest absolute Gasteiger partial charge is 0.0598 e. The lowest BCUT2D eigenvalue weighted by Gasteiger charge is -2.35. The van der Waals surface area contributed by atoms with E-state index in [4.69, 9.17) is 4.74 Å². The number of hydrogen-bond donors (Lipinski definition) is 1. The Morgan fingerprint density at radius 3 is 3.10 bits per heavy atom. The van der Waals surface area contributed by atoms with Crippen LogP contribution in [0.1, 0.15) is 32.3 Å². The van der Waals surface area contributed by atoms with E-state index in [0.29, 0.717) is 11.8 Å². The molecule has 2 heterocycles. The van der Waals surface area contributed by atoms with Crippen LogP contribution in [-0.2, 0) is 11.3 Å². The summed E-state index contributed by atoms with van der Waals surface area (Å²) in [6.07, 6.45) is 6.42. The normalized spacial score (nSPS) is 19.2. The van der Waals surface area contributed by atoms with Gasteiger partial charge in [-0.1, -0.05) is 13.8 Å². The van der Waals surface area contributed by atoms with Crippen LogP contribution in [0.25, 0.3) is 0 Å². The topological polar surface area (TPSA) is 37.4 Å². The minimum absolute atomic E-state index is 0.639. The fourth-order valence-corrected chi connectivity index (χ4v) is 3.00. The van der Waals surface area contributed by atoms with Crippen LogP contribution >= 0.6 is 0 Å². The molecule has 1 aliphatic heterocycles. The Hall–Kier alpha value is -1.13. The van der Waals surface area contributed by atoms with E-state index in [1.165, 1.54) is 24.1 Å². The van der Waals surface area contributed by atoms with E-state index in [1.54, 1.807) is 7.11 Å². The summed E-state index contributed by atoms with van der Waals surface area (Å²) in [6, 6.07) is 2.14. The number of hydrogen-bond acceptors (Lipinski definition) is 4. The lowest BCUT2D eigenvalue weighted by molar-refractivity contribution is 0.143. The Labute approximate surface area is 128 Å². The molecule has 0 saturated carbocycles. The van der Waals surface area contributed by atoms with Gasteiger partial charge in [-0.05, 0) is 42.9 Å². The molecule has 1 aromatic heterocycles. The number of nitrogens with one attached hydrogen (secondary N) is 1. The SMILES string of the molecule is COCC1CCCN(c2cnccc2CNCC(C)C)C1. The molecular weight excluding hydrogens is 262 g/mol. The summed E-state index contributed by atoms with van der Waals surface area (Å²) in [5.41, 5.74) is 2.64. The van der Waals surface area contributed by atoms with Crippen LogP contribution < -0.4 is 10.2 Å². The maximum absolute atomic E-state index is 5.33. The minimum Gasteiger partial charge on any atom is -0.384 e. The molecule has 0 amide bonds. The summed E-state index contributed by atoms with van der Waals surface area (Å²) < 4.78 is 5.33. The second-order valence-electron chi connectivity index (χ2n) is 6.44. The Kier molecular flexibility index (Phi) is 6.46. The van der Waals surface area contributed by atoms with Crippen LogP contribution in [0.4, 0.5) is 5.69 Å². The molecule has 118 valence electrons. The number of anilines is 1. The Morgan fingerprint density at radius 2 is 2.33 bits per heavy atom. The zero-order valence-electron chi connectivity index (χ0n) is 13.6. The molecule has 1 aliphatic rings. The van der Waals surface area contributed by atoms with Gasteiger partial charge in [-0.15, -0.1) is 0 Å². The first-order valence-electron chi connectivity index (χ1n) is 8.08. The molecule has 0 aromatic carbocycles. The summed E-state index contributed by atoms with van der Waals surface area (Å²) in [5.74, 6) is 1.32. The fraction of sp³-hybridized carbons (Fsp3) is 0.706. The highest BCUT2D eigenvalue weighted by molar-refractivity contribution is 5.52. The largest absolute Gasteiger partial charge is 0.384 e. The molecule has 21 heavy (non-hydrogen) atoms. The van der Waals surface area contributed by atoms with Crippen molar-refractivity contribution < 1.29 is 4.74 Å². The standard InChI is InChI=1S/C17H29N3O/c1-14(2)9-19-10-16-6-7-18-11-17(16)20-8-4-5-15(12-20)13-21-3/h6-7,11,14-15,19H,4-5,8-10,12-13H2,1-3H3. The van der Waals surface area contributed by atoms with Gasteiger partial charge in [-0.3, -0.25) is 4.98 Å². The molecule has 1 saturated heterocycles. The third-order valence-corrected chi connectivity index (χ3v) is 4.02. The summed E-state index contributed by atoms with van der Waals surface area (Å²) in [5, 5.41) is 3.54. The molecule has 1 aromatic rings. The lowest BCUT2D eigenvalue weighted by atomic mass is 9.98. The average molecular weight is 291 g/mol. The molecule has 1 unspecified atom stereocenters. The third-order valence-electron chi connectivity index (χ3n) is 4.02. The van der Waals surface area contributed by atoms with E-state index >= 15 is 0 Å². The van der Waals surface area contributed by atoms with Crippen molar-refractivity contribution in [1.29, 1.82) is 0 Å². The Morgan fingerprint density at radius 1 is 1.48 bits per heavy atom. The van der Waals surface area contributed by atoms with Crippen LogP contribution in [0.15, 0.2) is 18.5 Å². The maximum Gasteiger partial charge on any atom is 0.0598 e. The van der Waals surface area contributed by atoms with E-state index in [9.17, 15) is 0 Å². The molecule has 0 bridgehead atoms. The van der Waals surface area contributed by atoms with Gasteiger partial charge in [0.15, 0.2) is 0 Å². The predicted molar refractivity (Wildman–Crippen MR) is 87.6 cm³/mol. The monoisotopic (exact) mass is 291 g/mol. The first-order valence-corrected chi connectivity index (χ1v) is 8.08. The molecular formula is C17H29N3O. The molecule has 4 nitrogen and oxygen atoms in total. The number of ether oxygens (including phenoxy) is 1. The van der Waals surface area contributed by atoms with Gasteiger partial charge in [0.05, 0.1) is 18.5 Å². The maximum atomic E-state index is 5.33. The van der Waals surface area contributed by atoms with E-state index in [2.05, 4.69) is 35.1 Å². The fourth-order valence-electron chi connectivity index (χ4n) is 3.00. The summed E-state index contributed by atoms with van der Waals surface area (Å²) in [7, 11) is 1.80. The minimum atomic E-state index is 0.639. The first kappa shape index (κ1) is 16.2. The van der Waals surface area contributed by atoms with Crippen molar-refractivity contribution in [2.24, 2.45) is 11.8 Å². The number of nitrogens with zero attached hydrogens (tertiary/aromatic N) is 2. The van der Waals surface area contributed by atoms with Gasteiger partial charge in [0.2, 0.25) is 0 Å². The highest BCUT2D eigenvalue weighted by Gasteiger charge is 2.21. The molecule has 1 atom stereocenters.